The van der Waals surface area contributed by atoms with E-state index in [0.29, 0.717) is 13.1 Å². The van der Waals surface area contributed by atoms with Gasteiger partial charge >= 0.3 is 6.03 Å². The van der Waals surface area contributed by atoms with Gasteiger partial charge in [0.2, 0.25) is 0 Å². The van der Waals surface area contributed by atoms with Crippen LogP contribution in [-0.2, 0) is 0 Å². The topological polar surface area (TPSA) is 47.6 Å². The standard InChI is InChI=1S/C31H38N4O/c1-25-10-9-15-29(22-25)33-31(36)35(24-26(2)23-34-20-17-32-18-21-34)19-16-30(27-11-5-3-6-12-27)28-13-7-4-8-14-28/h3-15,22,30,32H,2,16-21,23-24H2,1H3,(H,33,36). The van der Waals surface area contributed by atoms with Gasteiger partial charge in [0, 0.05) is 57.4 Å². The summed E-state index contributed by atoms with van der Waals surface area (Å²) < 4.78 is 0. The molecule has 0 bridgehead atoms. The van der Waals surface area contributed by atoms with E-state index in [1.807, 2.05) is 48.2 Å². The number of benzene rings is 3. The molecule has 3 aromatic carbocycles. The number of carbonyl (C=O) groups excluding carboxylic acids is 1. The first-order chi connectivity index (χ1) is 17.6. The molecule has 36 heavy (non-hydrogen) atoms. The number of aryl methyl sites for hydroxylation is 1. The van der Waals surface area contributed by atoms with Crippen molar-refractivity contribution in [2.24, 2.45) is 0 Å². The van der Waals surface area contributed by atoms with Gasteiger partial charge < -0.3 is 15.5 Å². The summed E-state index contributed by atoms with van der Waals surface area (Å²) in [5.41, 5.74) is 5.54. The van der Waals surface area contributed by atoms with Crippen LogP contribution in [-0.4, -0.2) is 61.6 Å². The molecule has 2 N–H and O–H groups in total. The first kappa shape index (κ1) is 25.7. The Morgan fingerprint density at radius 2 is 1.61 bits per heavy atom. The van der Waals surface area contributed by atoms with Crippen molar-refractivity contribution in [3.05, 3.63) is 114 Å². The van der Waals surface area contributed by atoms with Gasteiger partial charge in [-0.25, -0.2) is 4.79 Å². The smallest absolute Gasteiger partial charge is 0.320 e. The van der Waals surface area contributed by atoms with Crippen LogP contribution in [0.25, 0.3) is 0 Å². The molecule has 0 aromatic heterocycles. The number of nitrogens with one attached hydrogen (secondary N) is 2. The molecule has 0 spiro atoms. The van der Waals surface area contributed by atoms with Gasteiger partial charge in [-0.3, -0.25) is 4.90 Å². The van der Waals surface area contributed by atoms with E-state index in [-0.39, 0.29) is 11.9 Å². The largest absolute Gasteiger partial charge is 0.322 e. The van der Waals surface area contributed by atoms with Crippen molar-refractivity contribution < 1.29 is 4.79 Å². The third-order valence-electron chi connectivity index (χ3n) is 6.72. The van der Waals surface area contributed by atoms with Crippen LogP contribution >= 0.6 is 0 Å². The normalized spacial score (nSPS) is 13.9. The molecule has 2 amide bonds. The Kier molecular flexibility index (Phi) is 9.31. The van der Waals surface area contributed by atoms with Crippen LogP contribution in [0, 0.1) is 6.92 Å². The van der Waals surface area contributed by atoms with Gasteiger partial charge in [-0.1, -0.05) is 79.4 Å². The SMILES string of the molecule is C=C(CN1CCNCC1)CN(CCC(c1ccccc1)c1ccccc1)C(=O)Nc1cccc(C)c1. The Morgan fingerprint density at radius 1 is 0.972 bits per heavy atom. The summed E-state index contributed by atoms with van der Waals surface area (Å²) >= 11 is 0. The van der Waals surface area contributed by atoms with E-state index in [9.17, 15) is 4.79 Å². The summed E-state index contributed by atoms with van der Waals surface area (Å²) in [5, 5.41) is 6.51. The van der Waals surface area contributed by atoms with E-state index >= 15 is 0 Å². The lowest BCUT2D eigenvalue weighted by molar-refractivity contribution is 0.210. The van der Waals surface area contributed by atoms with Crippen molar-refractivity contribution in [3.63, 3.8) is 0 Å². The molecule has 188 valence electrons. The van der Waals surface area contributed by atoms with Crippen LogP contribution in [0.3, 0.4) is 0 Å². The highest BCUT2D eigenvalue weighted by molar-refractivity contribution is 5.89. The molecule has 0 saturated carbocycles. The minimum Gasteiger partial charge on any atom is -0.320 e. The maximum absolute atomic E-state index is 13.5. The number of amides is 2. The molecule has 3 aromatic rings. The lowest BCUT2D eigenvalue weighted by Crippen LogP contribution is -2.45. The second-order valence-corrected chi connectivity index (χ2v) is 9.66. The zero-order chi connectivity index (χ0) is 25.2. The molecular formula is C31H38N4O. The predicted molar refractivity (Wildman–Crippen MR) is 150 cm³/mol. The highest BCUT2D eigenvalue weighted by Crippen LogP contribution is 2.28. The number of piperazine rings is 1. The summed E-state index contributed by atoms with van der Waals surface area (Å²) in [7, 11) is 0. The van der Waals surface area contributed by atoms with Gasteiger partial charge in [0.15, 0.2) is 0 Å². The quantitative estimate of drug-likeness (QED) is 0.375. The highest BCUT2D eigenvalue weighted by Gasteiger charge is 2.21. The van der Waals surface area contributed by atoms with Crippen molar-refractivity contribution in [1.29, 1.82) is 0 Å². The molecule has 0 atom stereocenters. The Hall–Kier alpha value is -3.41. The third-order valence-corrected chi connectivity index (χ3v) is 6.72. The molecule has 5 nitrogen and oxygen atoms in total. The first-order valence-electron chi connectivity index (χ1n) is 12.9. The van der Waals surface area contributed by atoms with Gasteiger partial charge in [0.1, 0.15) is 0 Å². The summed E-state index contributed by atoms with van der Waals surface area (Å²) in [6.45, 7) is 12.4. The molecule has 1 aliphatic heterocycles. The number of hydrogen-bond donors (Lipinski definition) is 2. The van der Waals surface area contributed by atoms with Gasteiger partial charge in [0.05, 0.1) is 0 Å². The number of rotatable bonds is 10. The Morgan fingerprint density at radius 3 is 2.22 bits per heavy atom. The summed E-state index contributed by atoms with van der Waals surface area (Å²) in [6, 6.07) is 29.0. The summed E-state index contributed by atoms with van der Waals surface area (Å²) in [4.78, 5) is 17.8. The molecule has 1 saturated heterocycles. The van der Waals surface area contributed by atoms with E-state index in [1.54, 1.807) is 0 Å². The van der Waals surface area contributed by atoms with Crippen LogP contribution in [0.15, 0.2) is 97.1 Å². The van der Waals surface area contributed by atoms with Crippen molar-refractivity contribution in [1.82, 2.24) is 15.1 Å². The van der Waals surface area contributed by atoms with E-state index in [0.717, 1.165) is 56.0 Å². The predicted octanol–water partition coefficient (Wildman–Crippen LogP) is 5.51. The molecule has 1 fully saturated rings. The van der Waals surface area contributed by atoms with Crippen molar-refractivity contribution in [2.45, 2.75) is 19.3 Å². The fourth-order valence-corrected chi connectivity index (χ4v) is 4.86. The average molecular weight is 483 g/mol. The Bertz CT molecular complexity index is 1070. The van der Waals surface area contributed by atoms with E-state index in [4.69, 9.17) is 0 Å². The van der Waals surface area contributed by atoms with Crippen LogP contribution in [0.4, 0.5) is 10.5 Å². The fraction of sp³-hybridized carbons (Fsp3) is 0.323. The second kappa shape index (κ2) is 13.1. The molecule has 0 aliphatic carbocycles. The van der Waals surface area contributed by atoms with Crippen LogP contribution in [0.1, 0.15) is 29.0 Å². The minimum atomic E-state index is -0.0815. The average Bonchev–Trinajstić information content (AvgIpc) is 2.90. The first-order valence-corrected chi connectivity index (χ1v) is 12.9. The summed E-state index contributed by atoms with van der Waals surface area (Å²) in [6.07, 6.45) is 0.830. The molecule has 0 unspecified atom stereocenters. The number of anilines is 1. The van der Waals surface area contributed by atoms with Crippen LogP contribution < -0.4 is 10.6 Å². The lowest BCUT2D eigenvalue weighted by atomic mass is 9.88. The second-order valence-electron chi connectivity index (χ2n) is 9.66. The lowest BCUT2D eigenvalue weighted by Gasteiger charge is -2.31. The van der Waals surface area contributed by atoms with Crippen molar-refractivity contribution in [2.75, 3.05) is 51.1 Å². The molecule has 0 radical (unpaired) electrons. The van der Waals surface area contributed by atoms with E-state index < -0.39 is 0 Å². The van der Waals surface area contributed by atoms with E-state index in [1.165, 1.54) is 11.1 Å². The van der Waals surface area contributed by atoms with Gasteiger partial charge in [0.25, 0.3) is 0 Å². The highest BCUT2D eigenvalue weighted by atomic mass is 16.2. The number of urea groups is 1. The van der Waals surface area contributed by atoms with Gasteiger partial charge in [-0.2, -0.15) is 0 Å². The molecule has 1 aliphatic rings. The number of carbonyl (C=O) groups is 1. The van der Waals surface area contributed by atoms with Gasteiger partial charge in [-0.05, 0) is 47.7 Å². The van der Waals surface area contributed by atoms with Crippen molar-refractivity contribution in [3.8, 4) is 0 Å². The van der Waals surface area contributed by atoms with E-state index in [2.05, 4.69) is 70.6 Å². The zero-order valence-corrected chi connectivity index (χ0v) is 21.3. The minimum absolute atomic E-state index is 0.0815. The number of nitrogens with zero attached hydrogens (tertiary/aromatic N) is 2. The maximum Gasteiger partial charge on any atom is 0.322 e. The summed E-state index contributed by atoms with van der Waals surface area (Å²) in [5.74, 6) is 0.211. The Labute approximate surface area is 215 Å². The fourth-order valence-electron chi connectivity index (χ4n) is 4.86. The maximum atomic E-state index is 13.5. The third kappa shape index (κ3) is 7.54. The molecule has 4 rings (SSSR count). The Balaban J connectivity index is 1.50. The van der Waals surface area contributed by atoms with Crippen molar-refractivity contribution >= 4 is 11.7 Å². The van der Waals surface area contributed by atoms with Gasteiger partial charge in [-0.15, -0.1) is 0 Å². The zero-order valence-electron chi connectivity index (χ0n) is 21.3. The van der Waals surface area contributed by atoms with Crippen LogP contribution in [0.2, 0.25) is 0 Å². The molecular weight excluding hydrogens is 444 g/mol. The number of hydrogen-bond acceptors (Lipinski definition) is 3. The molecule has 1 heterocycles. The molecule has 5 heteroatoms. The monoisotopic (exact) mass is 482 g/mol. The van der Waals surface area contributed by atoms with Crippen LogP contribution in [0.5, 0.6) is 0 Å².